The van der Waals surface area contributed by atoms with E-state index in [-0.39, 0.29) is 18.1 Å². The molecule has 1 aliphatic heterocycles. The predicted octanol–water partition coefficient (Wildman–Crippen LogP) is 1.43. The van der Waals surface area contributed by atoms with E-state index in [1.165, 1.54) is 29.2 Å². The van der Waals surface area contributed by atoms with Crippen molar-refractivity contribution in [1.29, 1.82) is 0 Å². The van der Waals surface area contributed by atoms with Gasteiger partial charge in [0.2, 0.25) is 5.71 Å². The molecule has 0 atom stereocenters. The Bertz CT molecular complexity index is 746. The number of carbonyl (C=O) groups is 3. The molecule has 0 aromatic heterocycles. The van der Waals surface area contributed by atoms with Crippen molar-refractivity contribution >= 4 is 29.1 Å². The monoisotopic (exact) mass is 310 g/mol. The summed E-state index contributed by atoms with van der Waals surface area (Å²) in [6.45, 7) is 1.80. The van der Waals surface area contributed by atoms with Crippen molar-refractivity contribution in [3.8, 4) is 0 Å². The molecule has 0 bridgehead atoms. The summed E-state index contributed by atoms with van der Waals surface area (Å²) in [5.41, 5.74) is -0.919. The van der Waals surface area contributed by atoms with Gasteiger partial charge in [0.05, 0.1) is 6.61 Å². The van der Waals surface area contributed by atoms with Crippen LogP contribution in [0.4, 0.5) is 5.69 Å². The minimum atomic E-state index is -1.21. The van der Waals surface area contributed by atoms with E-state index in [1.807, 2.05) is 6.07 Å². The highest BCUT2D eigenvalue weighted by atomic mass is 16.5. The number of aliphatic imine (C=N–C) groups is 1. The molecule has 116 valence electrons. The summed E-state index contributed by atoms with van der Waals surface area (Å²) < 4.78 is 4.90. The van der Waals surface area contributed by atoms with Crippen molar-refractivity contribution in [3.05, 3.63) is 54.6 Å². The molecular formula is C17H14N2O4. The molecule has 23 heavy (non-hydrogen) atoms. The van der Waals surface area contributed by atoms with Crippen molar-refractivity contribution in [2.45, 2.75) is 12.6 Å². The van der Waals surface area contributed by atoms with Gasteiger partial charge in [-0.05, 0) is 43.4 Å². The largest absolute Gasteiger partial charge is 0.461 e. The molecule has 6 heteroatoms. The third kappa shape index (κ3) is 2.48. The Balaban J connectivity index is 2.10. The highest BCUT2D eigenvalue weighted by Crippen LogP contribution is 2.35. The number of hydrogen-bond donors (Lipinski definition) is 0. The minimum Gasteiger partial charge on any atom is -0.461 e. The summed E-state index contributed by atoms with van der Waals surface area (Å²) in [5.74, 6) is -1.52. The van der Waals surface area contributed by atoms with Crippen LogP contribution in [0.15, 0.2) is 59.6 Å². The van der Waals surface area contributed by atoms with Gasteiger partial charge in [0, 0.05) is 5.69 Å². The number of ketones is 1. The summed E-state index contributed by atoms with van der Waals surface area (Å²) in [6.07, 6.45) is 5.68. The van der Waals surface area contributed by atoms with Gasteiger partial charge in [-0.15, -0.1) is 0 Å². The van der Waals surface area contributed by atoms with E-state index < -0.39 is 17.5 Å². The Morgan fingerprint density at radius 2 is 1.83 bits per heavy atom. The smallest absolute Gasteiger partial charge is 0.362 e. The van der Waals surface area contributed by atoms with E-state index in [9.17, 15) is 14.4 Å². The highest BCUT2D eigenvalue weighted by Gasteiger charge is 2.48. The molecule has 1 aromatic rings. The van der Waals surface area contributed by atoms with E-state index in [1.54, 1.807) is 31.2 Å². The normalized spacial score (nSPS) is 18.5. The van der Waals surface area contributed by atoms with Crippen LogP contribution >= 0.6 is 0 Å². The second-order valence-electron chi connectivity index (χ2n) is 5.01. The van der Waals surface area contributed by atoms with Crippen molar-refractivity contribution in [2.24, 2.45) is 4.99 Å². The zero-order valence-electron chi connectivity index (χ0n) is 12.4. The van der Waals surface area contributed by atoms with E-state index in [4.69, 9.17) is 4.74 Å². The van der Waals surface area contributed by atoms with Crippen molar-refractivity contribution < 1.29 is 19.1 Å². The van der Waals surface area contributed by atoms with Crippen LogP contribution < -0.4 is 4.90 Å². The number of anilines is 1. The zero-order chi connectivity index (χ0) is 16.4. The fourth-order valence-electron chi connectivity index (χ4n) is 2.52. The third-order valence-electron chi connectivity index (χ3n) is 3.52. The molecule has 1 heterocycles. The Kier molecular flexibility index (Phi) is 3.65. The first-order valence-corrected chi connectivity index (χ1v) is 7.16. The van der Waals surface area contributed by atoms with Crippen molar-refractivity contribution in [2.75, 3.05) is 11.5 Å². The lowest BCUT2D eigenvalue weighted by atomic mass is 10.0. The van der Waals surface area contributed by atoms with E-state index in [0.717, 1.165) is 0 Å². The average Bonchev–Trinajstić information content (AvgIpc) is 2.84. The first kappa shape index (κ1) is 14.9. The fourth-order valence-corrected chi connectivity index (χ4v) is 2.52. The van der Waals surface area contributed by atoms with Gasteiger partial charge in [0.25, 0.3) is 5.91 Å². The van der Waals surface area contributed by atoms with Crippen LogP contribution in [0.2, 0.25) is 0 Å². The number of para-hydroxylation sites is 1. The predicted molar refractivity (Wildman–Crippen MR) is 84.0 cm³/mol. The van der Waals surface area contributed by atoms with Gasteiger partial charge in [-0.25, -0.2) is 9.79 Å². The minimum absolute atomic E-state index is 0.146. The maximum atomic E-state index is 12.7. The van der Waals surface area contributed by atoms with Gasteiger partial charge < -0.3 is 4.74 Å². The van der Waals surface area contributed by atoms with Crippen molar-refractivity contribution in [3.63, 3.8) is 0 Å². The average molecular weight is 310 g/mol. The van der Waals surface area contributed by atoms with E-state index in [2.05, 4.69) is 4.99 Å². The lowest BCUT2D eigenvalue weighted by Gasteiger charge is -2.32. The summed E-state index contributed by atoms with van der Waals surface area (Å²) >= 11 is 0. The second kappa shape index (κ2) is 5.64. The fraction of sp³-hybridized carbons (Fsp3) is 0.176. The maximum Gasteiger partial charge on any atom is 0.362 e. The molecule has 0 N–H and O–H groups in total. The lowest BCUT2D eigenvalue weighted by Crippen LogP contribution is -2.46. The van der Waals surface area contributed by atoms with Crippen LogP contribution in [0.5, 0.6) is 0 Å². The standard InChI is InChI=1S/C17H14N2O4/c1-2-23-16(22)14-15(21)19(12-6-4-3-5-7-12)17(18-14)10-8-13(20)9-11-17/h3-11H,2H2,1H3. The molecule has 1 aromatic carbocycles. The van der Waals surface area contributed by atoms with Crippen LogP contribution in [0.1, 0.15) is 6.92 Å². The summed E-state index contributed by atoms with van der Waals surface area (Å²) in [5, 5.41) is 0. The first-order valence-electron chi connectivity index (χ1n) is 7.16. The third-order valence-corrected chi connectivity index (χ3v) is 3.52. The van der Waals surface area contributed by atoms with Crippen LogP contribution in [-0.2, 0) is 19.1 Å². The molecule has 6 nitrogen and oxygen atoms in total. The van der Waals surface area contributed by atoms with Crippen LogP contribution in [0, 0.1) is 0 Å². The van der Waals surface area contributed by atoms with Gasteiger partial charge >= 0.3 is 5.97 Å². The van der Waals surface area contributed by atoms with Gasteiger partial charge in [-0.3, -0.25) is 14.5 Å². The zero-order valence-corrected chi connectivity index (χ0v) is 12.4. The molecule has 0 unspecified atom stereocenters. The van der Waals surface area contributed by atoms with Gasteiger partial charge in [0.1, 0.15) is 0 Å². The Morgan fingerprint density at radius 1 is 1.17 bits per heavy atom. The quantitative estimate of drug-likeness (QED) is 0.791. The van der Waals surface area contributed by atoms with Crippen LogP contribution in [0.25, 0.3) is 0 Å². The van der Waals surface area contributed by atoms with E-state index >= 15 is 0 Å². The SMILES string of the molecule is CCOC(=O)C1=NC2(C=CC(=O)C=C2)N(c2ccccc2)C1=O. The Labute approximate surface area is 132 Å². The number of amides is 1. The number of ether oxygens (including phenoxy) is 1. The molecule has 3 rings (SSSR count). The van der Waals surface area contributed by atoms with Crippen LogP contribution in [-0.4, -0.2) is 35.6 Å². The molecule has 2 aliphatic rings. The molecule has 1 spiro atoms. The number of allylic oxidation sites excluding steroid dienone is 2. The number of esters is 1. The summed E-state index contributed by atoms with van der Waals surface area (Å²) in [6, 6.07) is 8.85. The molecule has 0 saturated heterocycles. The lowest BCUT2D eigenvalue weighted by molar-refractivity contribution is -0.135. The van der Waals surface area contributed by atoms with Gasteiger partial charge in [0.15, 0.2) is 11.4 Å². The Hall–Kier alpha value is -3.02. The first-order chi connectivity index (χ1) is 11.1. The van der Waals surface area contributed by atoms with Gasteiger partial charge in [-0.2, -0.15) is 0 Å². The van der Waals surface area contributed by atoms with Gasteiger partial charge in [-0.1, -0.05) is 18.2 Å². The summed E-state index contributed by atoms with van der Waals surface area (Å²) in [4.78, 5) is 41.8. The second-order valence-corrected chi connectivity index (χ2v) is 5.01. The number of carbonyl (C=O) groups excluding carboxylic acids is 3. The maximum absolute atomic E-state index is 12.7. The van der Waals surface area contributed by atoms with Crippen LogP contribution in [0.3, 0.4) is 0 Å². The topological polar surface area (TPSA) is 76.0 Å². The summed E-state index contributed by atoms with van der Waals surface area (Å²) in [7, 11) is 0. The number of benzene rings is 1. The highest BCUT2D eigenvalue weighted by molar-refractivity contribution is 6.67. The Morgan fingerprint density at radius 3 is 2.43 bits per heavy atom. The number of rotatable bonds is 3. The molecule has 1 amide bonds. The van der Waals surface area contributed by atoms with Crippen molar-refractivity contribution in [1.82, 2.24) is 0 Å². The number of nitrogens with zero attached hydrogens (tertiary/aromatic N) is 2. The number of hydrogen-bond acceptors (Lipinski definition) is 5. The molecule has 0 fully saturated rings. The van der Waals surface area contributed by atoms with E-state index in [0.29, 0.717) is 5.69 Å². The molecule has 0 saturated carbocycles. The molecular weight excluding hydrogens is 296 g/mol. The molecule has 1 aliphatic carbocycles. The molecule has 0 radical (unpaired) electrons.